The molecular formula is C67H46N2. The summed E-state index contributed by atoms with van der Waals surface area (Å²) in [7, 11) is 0. The Kier molecular flexibility index (Phi) is 8.66. The lowest BCUT2D eigenvalue weighted by atomic mass is 9.72. The van der Waals surface area contributed by atoms with Gasteiger partial charge in [-0.15, -0.1) is 0 Å². The van der Waals surface area contributed by atoms with Crippen LogP contribution >= 0.6 is 0 Å². The van der Waals surface area contributed by atoms with Crippen molar-refractivity contribution in [3.8, 4) is 39.1 Å². The van der Waals surface area contributed by atoms with Crippen molar-refractivity contribution in [3.63, 3.8) is 0 Å². The zero-order valence-corrected chi connectivity index (χ0v) is 38.5. The second-order valence-corrected chi connectivity index (χ2v) is 19.3. The van der Waals surface area contributed by atoms with Crippen LogP contribution in [-0.4, -0.2) is 4.57 Å². The van der Waals surface area contributed by atoms with Gasteiger partial charge in [0.25, 0.3) is 0 Å². The first-order valence-corrected chi connectivity index (χ1v) is 24.1. The van der Waals surface area contributed by atoms with E-state index in [-0.39, 0.29) is 5.41 Å². The zero-order chi connectivity index (χ0) is 45.8. The lowest BCUT2D eigenvalue weighted by Gasteiger charge is -2.43. The molecule has 1 aliphatic rings. The number of para-hydroxylation sites is 1. The van der Waals surface area contributed by atoms with Crippen LogP contribution < -0.4 is 4.90 Å². The Morgan fingerprint density at radius 2 is 0.783 bits per heavy atom. The Bertz CT molecular complexity index is 4180. The van der Waals surface area contributed by atoms with E-state index in [0.29, 0.717) is 0 Å². The van der Waals surface area contributed by atoms with Crippen molar-refractivity contribution in [2.75, 3.05) is 4.90 Å². The van der Waals surface area contributed by atoms with Crippen LogP contribution in [0.15, 0.2) is 243 Å². The van der Waals surface area contributed by atoms with Gasteiger partial charge in [-0.05, 0) is 137 Å². The highest BCUT2D eigenvalue weighted by atomic mass is 15.2. The van der Waals surface area contributed by atoms with Crippen molar-refractivity contribution < 1.29 is 0 Å². The number of fused-ring (bicyclic) bond motifs is 13. The first kappa shape index (κ1) is 39.4. The third-order valence-corrected chi connectivity index (χ3v) is 15.1. The molecule has 69 heavy (non-hydrogen) atoms. The molecule has 13 aromatic rings. The van der Waals surface area contributed by atoms with E-state index in [1.54, 1.807) is 0 Å². The van der Waals surface area contributed by atoms with Gasteiger partial charge in [-0.25, -0.2) is 0 Å². The Balaban J connectivity index is 0.950. The van der Waals surface area contributed by atoms with Crippen LogP contribution in [0.5, 0.6) is 0 Å². The van der Waals surface area contributed by atoms with Crippen molar-refractivity contribution in [3.05, 3.63) is 254 Å². The van der Waals surface area contributed by atoms with E-state index in [1.807, 2.05) is 0 Å². The Morgan fingerprint density at radius 3 is 1.52 bits per heavy atom. The van der Waals surface area contributed by atoms with Crippen LogP contribution in [0.25, 0.3) is 104 Å². The van der Waals surface area contributed by atoms with Crippen molar-refractivity contribution >= 4 is 82.0 Å². The Labute approximate surface area is 401 Å². The molecule has 2 nitrogen and oxygen atoms in total. The van der Waals surface area contributed by atoms with E-state index in [0.717, 1.165) is 11.4 Å². The number of anilines is 3. The number of benzene rings is 12. The topological polar surface area (TPSA) is 8.17 Å². The Hall–Kier alpha value is -8.72. The van der Waals surface area contributed by atoms with Gasteiger partial charge in [0.15, 0.2) is 0 Å². The Morgan fingerprint density at radius 1 is 0.290 bits per heavy atom. The maximum absolute atomic E-state index is 2.55. The fraction of sp³-hybridized carbons (Fsp3) is 0.0448. The summed E-state index contributed by atoms with van der Waals surface area (Å²) in [5.41, 5.74) is 16.8. The van der Waals surface area contributed by atoms with Crippen molar-refractivity contribution in [2.45, 2.75) is 19.3 Å². The molecule has 14 rings (SSSR count). The fourth-order valence-corrected chi connectivity index (χ4v) is 11.7. The molecule has 2 heterocycles. The normalized spacial score (nSPS) is 13.2. The highest BCUT2D eigenvalue weighted by Gasteiger charge is 2.38. The van der Waals surface area contributed by atoms with E-state index in [2.05, 4.69) is 266 Å². The van der Waals surface area contributed by atoms with Gasteiger partial charge in [-0.2, -0.15) is 0 Å². The molecule has 0 saturated carbocycles. The van der Waals surface area contributed by atoms with E-state index in [9.17, 15) is 0 Å². The van der Waals surface area contributed by atoms with E-state index in [1.165, 1.54) is 121 Å². The van der Waals surface area contributed by atoms with Gasteiger partial charge in [0, 0.05) is 32.9 Å². The smallest absolute Gasteiger partial charge is 0.0581 e. The van der Waals surface area contributed by atoms with Crippen molar-refractivity contribution in [1.82, 2.24) is 4.57 Å². The first-order valence-electron chi connectivity index (χ1n) is 24.1. The summed E-state index contributed by atoms with van der Waals surface area (Å²) in [6.45, 7) is 4.81. The SMILES string of the molecule is CC1(C)c2cc(-c3ccc4c5ccccc5n(-c5ccc(-c6ccccc6)cc5)c4c3)ccc2N(c2ccc3c4ccc(-c5ccccc5)cc4c4ccccc4c3c2)c2c1ccc1ccccc21. The summed E-state index contributed by atoms with van der Waals surface area (Å²) in [6.07, 6.45) is 0. The molecule has 0 radical (unpaired) electrons. The maximum atomic E-state index is 2.55. The average Bonchev–Trinajstić information content (AvgIpc) is 3.75. The molecule has 0 fully saturated rings. The average molecular weight is 879 g/mol. The molecule has 0 saturated heterocycles. The molecule has 2 heteroatoms. The number of aromatic nitrogens is 1. The van der Waals surface area contributed by atoms with Crippen LogP contribution in [0.2, 0.25) is 0 Å². The van der Waals surface area contributed by atoms with Gasteiger partial charge in [-0.3, -0.25) is 0 Å². The minimum atomic E-state index is -0.295. The third kappa shape index (κ3) is 6.05. The quantitative estimate of drug-likeness (QED) is 0.156. The summed E-state index contributed by atoms with van der Waals surface area (Å²) < 4.78 is 2.43. The standard InChI is InChI=1S/C67H46N2/c1-67(2)61-37-29-46-19-9-10-20-52(46)66(61)69(51-33-36-56-55-34-27-47(44-17-7-4-8-18-44)39-59(55)53-21-11-12-22-54(53)60(56)42-51)64-38-30-48(40-62(64)67)49-28-35-58-57-23-13-14-24-63(57)68(65(58)41-49)50-31-25-45(26-32-50)43-15-5-3-6-16-43/h3-42H,1-2H3. The highest BCUT2D eigenvalue weighted by Crippen LogP contribution is 2.55. The van der Waals surface area contributed by atoms with Gasteiger partial charge in [0.1, 0.15) is 0 Å². The molecule has 0 spiro atoms. The van der Waals surface area contributed by atoms with Gasteiger partial charge >= 0.3 is 0 Å². The number of rotatable bonds is 5. The minimum Gasteiger partial charge on any atom is -0.309 e. The molecular weight excluding hydrogens is 833 g/mol. The van der Waals surface area contributed by atoms with E-state index < -0.39 is 0 Å². The maximum Gasteiger partial charge on any atom is 0.0581 e. The molecule has 0 atom stereocenters. The molecule has 0 N–H and O–H groups in total. The summed E-state index contributed by atoms with van der Waals surface area (Å²) in [5.74, 6) is 0. The van der Waals surface area contributed by atoms with Crippen LogP contribution in [0, 0.1) is 0 Å². The van der Waals surface area contributed by atoms with E-state index >= 15 is 0 Å². The molecule has 0 amide bonds. The van der Waals surface area contributed by atoms with Crippen LogP contribution in [0.1, 0.15) is 25.0 Å². The molecule has 0 bridgehead atoms. The van der Waals surface area contributed by atoms with Gasteiger partial charge in [0.2, 0.25) is 0 Å². The van der Waals surface area contributed by atoms with Gasteiger partial charge < -0.3 is 9.47 Å². The number of hydrogen-bond donors (Lipinski definition) is 0. The van der Waals surface area contributed by atoms with E-state index in [4.69, 9.17) is 0 Å². The number of hydrogen-bond acceptors (Lipinski definition) is 1. The highest BCUT2D eigenvalue weighted by molar-refractivity contribution is 6.26. The lowest BCUT2D eigenvalue weighted by molar-refractivity contribution is 0.633. The van der Waals surface area contributed by atoms with Gasteiger partial charge in [-0.1, -0.05) is 202 Å². The molecule has 1 aromatic heterocycles. The zero-order valence-electron chi connectivity index (χ0n) is 38.5. The molecule has 1 aliphatic heterocycles. The van der Waals surface area contributed by atoms with Crippen LogP contribution in [0.4, 0.5) is 17.1 Å². The second-order valence-electron chi connectivity index (χ2n) is 19.3. The van der Waals surface area contributed by atoms with Crippen LogP contribution in [-0.2, 0) is 5.41 Å². The predicted molar refractivity (Wildman–Crippen MR) is 294 cm³/mol. The van der Waals surface area contributed by atoms with Crippen molar-refractivity contribution in [2.24, 2.45) is 0 Å². The monoisotopic (exact) mass is 878 g/mol. The minimum absolute atomic E-state index is 0.295. The molecule has 0 unspecified atom stereocenters. The largest absolute Gasteiger partial charge is 0.309 e. The summed E-state index contributed by atoms with van der Waals surface area (Å²) in [5, 5.41) is 12.6. The molecule has 12 aromatic carbocycles. The van der Waals surface area contributed by atoms with Crippen molar-refractivity contribution in [1.29, 1.82) is 0 Å². The molecule has 0 aliphatic carbocycles. The van der Waals surface area contributed by atoms with Gasteiger partial charge in [0.05, 0.1) is 22.4 Å². The summed E-state index contributed by atoms with van der Waals surface area (Å²) >= 11 is 0. The first-order chi connectivity index (χ1) is 34.0. The van der Waals surface area contributed by atoms with Crippen LogP contribution in [0.3, 0.4) is 0 Å². The lowest BCUT2D eigenvalue weighted by Crippen LogP contribution is -2.31. The number of nitrogens with zero attached hydrogens (tertiary/aromatic N) is 2. The summed E-state index contributed by atoms with van der Waals surface area (Å²) in [6, 6.07) is 90.1. The predicted octanol–water partition coefficient (Wildman–Crippen LogP) is 18.5. The third-order valence-electron chi connectivity index (χ3n) is 15.1. The molecule has 324 valence electrons. The fourth-order valence-electron chi connectivity index (χ4n) is 11.7. The summed E-state index contributed by atoms with van der Waals surface area (Å²) in [4.78, 5) is 2.55. The second kappa shape index (κ2) is 15.2.